The molecule has 1 aliphatic rings. The molecule has 1 heterocycles. The van der Waals surface area contributed by atoms with Gasteiger partial charge in [0.25, 0.3) is 0 Å². The monoisotopic (exact) mass is 658 g/mol. The van der Waals surface area contributed by atoms with Crippen LogP contribution in [0.15, 0.2) is 36.4 Å². The second kappa shape index (κ2) is 17.6. The minimum Gasteiger partial charge on any atom is -0.508 e. The Morgan fingerprint density at radius 1 is 0.894 bits per heavy atom. The van der Waals surface area contributed by atoms with Crippen molar-refractivity contribution in [2.75, 3.05) is 26.2 Å². The number of phenolic OH excluding ortho intramolecular Hbond substituents is 2. The molecule has 16 N–H and O–H groups in total. The largest absolute Gasteiger partial charge is 0.508 e. The van der Waals surface area contributed by atoms with Crippen LogP contribution in [0.1, 0.15) is 30.4 Å². The summed E-state index contributed by atoms with van der Waals surface area (Å²) in [5.41, 5.74) is 24.8. The van der Waals surface area contributed by atoms with Gasteiger partial charge in [-0.2, -0.15) is 0 Å². The fourth-order valence-corrected chi connectivity index (χ4v) is 5.11. The summed E-state index contributed by atoms with van der Waals surface area (Å²) in [5, 5.41) is 51.4. The molecular weight excluding hydrogens is 612 g/mol. The number of hydrogen-bond donors (Lipinski definition) is 12. The summed E-state index contributed by atoms with van der Waals surface area (Å²) < 4.78 is 0. The van der Waals surface area contributed by atoms with Gasteiger partial charge in [-0.25, -0.2) is 0 Å². The number of rotatable bonds is 12. The summed E-state index contributed by atoms with van der Waals surface area (Å²) in [6.45, 7) is -0.497. The molecular formula is C31H46N8O8. The summed E-state index contributed by atoms with van der Waals surface area (Å²) in [6, 6.07) is 3.50. The smallest absolute Gasteiger partial charge is 0.243 e. The summed E-state index contributed by atoms with van der Waals surface area (Å²) in [5.74, 6) is -3.33. The maximum absolute atomic E-state index is 13.8. The second-order valence-corrected chi connectivity index (χ2v) is 11.6. The lowest BCUT2D eigenvalue weighted by atomic mass is 9.95. The van der Waals surface area contributed by atoms with Crippen LogP contribution in [0, 0.1) is 0 Å². The quantitative estimate of drug-likeness (QED) is 0.106. The van der Waals surface area contributed by atoms with E-state index in [1.54, 1.807) is 24.3 Å². The van der Waals surface area contributed by atoms with E-state index in [-0.39, 0.29) is 62.4 Å². The molecule has 16 nitrogen and oxygen atoms in total. The number of nitrogens with one attached hydrogen (secondary N) is 4. The Bertz CT molecular complexity index is 1410. The predicted octanol–water partition coefficient (Wildman–Crippen LogP) is -3.47. The van der Waals surface area contributed by atoms with Crippen LogP contribution in [0.5, 0.6) is 11.5 Å². The number of hydrogen-bond acceptors (Lipinski definition) is 12. The van der Waals surface area contributed by atoms with Gasteiger partial charge in [-0.3, -0.25) is 19.2 Å². The normalized spacial score (nSPS) is 20.4. The number of phenols is 2. The number of aliphatic hydroxyl groups is 2. The number of nitrogens with two attached hydrogens (primary N) is 4. The first-order valence-electron chi connectivity index (χ1n) is 15.4. The third kappa shape index (κ3) is 10.3. The third-order valence-corrected chi connectivity index (χ3v) is 7.92. The molecule has 0 aromatic heterocycles. The first-order chi connectivity index (χ1) is 22.4. The van der Waals surface area contributed by atoms with Gasteiger partial charge in [0.1, 0.15) is 29.6 Å². The van der Waals surface area contributed by atoms with E-state index in [1.807, 2.05) is 0 Å². The van der Waals surface area contributed by atoms with Gasteiger partial charge in [-0.1, -0.05) is 12.1 Å². The Morgan fingerprint density at radius 3 is 2.06 bits per heavy atom. The molecule has 0 saturated heterocycles. The standard InChI is InChI=1S/C31H46N8O8/c32-7-1-2-23(29(45)36-20(13-33)15-40)37-30(46)24-11-19-9-17(4-6-27(19)43)16-3-5-26(42)18(8-16)10-22(35)28(44)38-25(31(47)39-24)12-21(41)14-34/h3-6,8-9,20-25,40-43H,1-2,7,10-15,32-35H2,(H,36,45)(H,37,46)(H,38,44)(H,39,47)/t20-,21+,22-,23-,24-,25-/m0/s1. The van der Waals surface area contributed by atoms with E-state index in [0.29, 0.717) is 23.1 Å². The topological polar surface area (TPSA) is 301 Å². The van der Waals surface area contributed by atoms with Crippen LogP contribution in [0.4, 0.5) is 0 Å². The fraction of sp³-hybridized carbons (Fsp3) is 0.484. The average molecular weight is 659 g/mol. The van der Waals surface area contributed by atoms with E-state index < -0.39 is 66.5 Å². The fourth-order valence-electron chi connectivity index (χ4n) is 5.11. The van der Waals surface area contributed by atoms with Crippen molar-refractivity contribution in [3.05, 3.63) is 47.5 Å². The lowest BCUT2D eigenvalue weighted by molar-refractivity contribution is -0.134. The Kier molecular flexibility index (Phi) is 13.9. The van der Waals surface area contributed by atoms with Crippen molar-refractivity contribution >= 4 is 23.6 Å². The molecule has 2 aromatic rings. The van der Waals surface area contributed by atoms with Crippen LogP contribution < -0.4 is 44.2 Å². The molecule has 3 rings (SSSR count). The number of carbonyl (C=O) groups excluding carboxylic acids is 4. The molecule has 0 radical (unpaired) electrons. The van der Waals surface area contributed by atoms with Crippen LogP contribution in [0.2, 0.25) is 0 Å². The van der Waals surface area contributed by atoms with Gasteiger partial charge >= 0.3 is 0 Å². The lowest BCUT2D eigenvalue weighted by Crippen LogP contribution is -2.59. The molecule has 16 heteroatoms. The highest BCUT2D eigenvalue weighted by Gasteiger charge is 2.33. The van der Waals surface area contributed by atoms with Crippen molar-refractivity contribution in [3.63, 3.8) is 0 Å². The van der Waals surface area contributed by atoms with Crippen LogP contribution in [-0.4, -0.2) is 107 Å². The number of amides is 4. The lowest BCUT2D eigenvalue weighted by Gasteiger charge is -2.27. The van der Waals surface area contributed by atoms with Gasteiger partial charge in [-0.15, -0.1) is 0 Å². The zero-order valence-corrected chi connectivity index (χ0v) is 26.0. The second-order valence-electron chi connectivity index (χ2n) is 11.6. The van der Waals surface area contributed by atoms with Gasteiger partial charge < -0.3 is 64.6 Å². The molecule has 4 bridgehead atoms. The molecule has 0 spiro atoms. The molecule has 6 atom stereocenters. The number of benzene rings is 2. The Labute approximate surface area is 272 Å². The third-order valence-electron chi connectivity index (χ3n) is 7.92. The van der Waals surface area contributed by atoms with Crippen LogP contribution in [0.3, 0.4) is 0 Å². The molecule has 0 unspecified atom stereocenters. The van der Waals surface area contributed by atoms with Crippen molar-refractivity contribution < 1.29 is 39.6 Å². The maximum atomic E-state index is 13.8. The van der Waals surface area contributed by atoms with Crippen molar-refractivity contribution in [2.45, 2.75) is 68.4 Å². The van der Waals surface area contributed by atoms with E-state index in [4.69, 9.17) is 22.9 Å². The zero-order chi connectivity index (χ0) is 34.7. The zero-order valence-electron chi connectivity index (χ0n) is 26.0. The van der Waals surface area contributed by atoms with Crippen LogP contribution in [-0.2, 0) is 32.0 Å². The highest BCUT2D eigenvalue weighted by Crippen LogP contribution is 2.31. The van der Waals surface area contributed by atoms with E-state index in [2.05, 4.69) is 21.3 Å². The Balaban J connectivity index is 2.07. The van der Waals surface area contributed by atoms with Gasteiger partial charge in [0.2, 0.25) is 23.6 Å². The van der Waals surface area contributed by atoms with Crippen LogP contribution >= 0.6 is 0 Å². The van der Waals surface area contributed by atoms with Crippen molar-refractivity contribution in [1.82, 2.24) is 21.3 Å². The molecule has 0 saturated carbocycles. The summed E-state index contributed by atoms with van der Waals surface area (Å²) in [6.07, 6.45) is -1.40. The van der Waals surface area contributed by atoms with Gasteiger partial charge in [0.15, 0.2) is 0 Å². The van der Waals surface area contributed by atoms with Crippen molar-refractivity contribution in [3.8, 4) is 22.6 Å². The van der Waals surface area contributed by atoms with Crippen molar-refractivity contribution in [1.29, 1.82) is 0 Å². The number of fused-ring (bicyclic) bond motifs is 5. The van der Waals surface area contributed by atoms with Gasteiger partial charge in [0.05, 0.1) is 24.8 Å². The SMILES string of the molecule is NCCC[C@H](NC(=O)[C@@H]1Cc2cc(ccc2O)-c2ccc(O)c(c2)C[C@H](N)C(=O)N[C@@H](C[C@@H](O)CN)C(=O)N1)C(=O)N[C@@H](CN)CO. The molecule has 258 valence electrons. The minimum atomic E-state index is -1.40. The van der Waals surface area contributed by atoms with Crippen LogP contribution in [0.25, 0.3) is 11.1 Å². The first-order valence-corrected chi connectivity index (χ1v) is 15.4. The highest BCUT2D eigenvalue weighted by molar-refractivity contribution is 5.95. The predicted molar refractivity (Wildman–Crippen MR) is 172 cm³/mol. The number of aromatic hydroxyl groups is 2. The van der Waals surface area contributed by atoms with Gasteiger partial charge in [-0.05, 0) is 65.9 Å². The van der Waals surface area contributed by atoms with E-state index in [1.165, 1.54) is 12.1 Å². The molecule has 1 aliphatic heterocycles. The van der Waals surface area contributed by atoms with E-state index in [9.17, 15) is 39.6 Å². The summed E-state index contributed by atoms with van der Waals surface area (Å²) >= 11 is 0. The highest BCUT2D eigenvalue weighted by atomic mass is 16.3. The molecule has 47 heavy (non-hydrogen) atoms. The molecule has 0 fully saturated rings. The Morgan fingerprint density at radius 2 is 1.51 bits per heavy atom. The van der Waals surface area contributed by atoms with E-state index in [0.717, 1.165) is 0 Å². The summed E-state index contributed by atoms with van der Waals surface area (Å²) in [7, 11) is 0. The average Bonchev–Trinajstić information content (AvgIpc) is 3.05. The molecule has 4 amide bonds. The van der Waals surface area contributed by atoms with Gasteiger partial charge in [0, 0.05) is 32.4 Å². The Hall–Kier alpha value is -4.32. The molecule has 0 aliphatic carbocycles. The molecule has 2 aromatic carbocycles. The van der Waals surface area contributed by atoms with E-state index >= 15 is 0 Å². The first kappa shape index (κ1) is 37.1. The number of aliphatic hydroxyl groups excluding tert-OH is 2. The summed E-state index contributed by atoms with van der Waals surface area (Å²) in [4.78, 5) is 53.7. The maximum Gasteiger partial charge on any atom is 0.243 e. The minimum absolute atomic E-state index is 0.0535. The van der Waals surface area contributed by atoms with Crippen molar-refractivity contribution in [2.24, 2.45) is 22.9 Å². The number of carbonyl (C=O) groups is 4.